The van der Waals surface area contributed by atoms with Gasteiger partial charge in [0.1, 0.15) is 6.07 Å². The quantitative estimate of drug-likeness (QED) is 0.802. The van der Waals surface area contributed by atoms with E-state index in [1.54, 1.807) is 6.07 Å². The van der Waals surface area contributed by atoms with E-state index < -0.39 is 9.84 Å². The highest BCUT2D eigenvalue weighted by molar-refractivity contribution is 7.93. The molecule has 0 saturated heterocycles. The molecule has 1 aliphatic rings. The first-order chi connectivity index (χ1) is 7.64. The molecule has 0 N–H and O–H groups in total. The summed E-state index contributed by atoms with van der Waals surface area (Å²) in [5.74, 6) is 0. The second-order valence-electron chi connectivity index (χ2n) is 3.79. The van der Waals surface area contributed by atoms with Gasteiger partial charge in [0, 0.05) is 0 Å². The summed E-state index contributed by atoms with van der Waals surface area (Å²) >= 11 is 0.862. The molecule has 1 aromatic heterocycles. The van der Waals surface area contributed by atoms with Crippen molar-refractivity contribution in [3.05, 3.63) is 5.01 Å². The number of hydrogen-bond acceptors (Lipinski definition) is 6. The van der Waals surface area contributed by atoms with Gasteiger partial charge in [0.15, 0.2) is 0 Å². The van der Waals surface area contributed by atoms with Crippen molar-refractivity contribution in [3.8, 4) is 6.07 Å². The van der Waals surface area contributed by atoms with E-state index in [1.807, 2.05) is 0 Å². The molecule has 1 saturated carbocycles. The fraction of sp³-hybridized carbons (Fsp3) is 0.667. The van der Waals surface area contributed by atoms with Gasteiger partial charge in [-0.3, -0.25) is 0 Å². The van der Waals surface area contributed by atoms with Crippen LogP contribution in [0.15, 0.2) is 4.34 Å². The van der Waals surface area contributed by atoms with E-state index in [9.17, 15) is 8.42 Å². The molecular weight excluding hydrogens is 246 g/mol. The molecule has 86 valence electrons. The van der Waals surface area contributed by atoms with E-state index in [1.165, 1.54) is 0 Å². The molecule has 1 aromatic rings. The van der Waals surface area contributed by atoms with Crippen LogP contribution < -0.4 is 0 Å². The Balaban J connectivity index is 2.27. The molecule has 16 heavy (non-hydrogen) atoms. The standard InChI is InChI=1S/C9H11N3O2S2/c10-6-8-11-12-9(15-8)16(13,14)7-4-2-1-3-5-7/h7H,1-5H2. The lowest BCUT2D eigenvalue weighted by Crippen LogP contribution is -2.24. The van der Waals surface area contributed by atoms with Crippen LogP contribution in [0.4, 0.5) is 0 Å². The summed E-state index contributed by atoms with van der Waals surface area (Å²) in [5, 5.41) is 15.5. The highest BCUT2D eigenvalue weighted by atomic mass is 32.2. The largest absolute Gasteiger partial charge is 0.233 e. The smallest absolute Gasteiger partial charge is 0.221 e. The predicted molar refractivity (Wildman–Crippen MR) is 58.7 cm³/mol. The lowest BCUT2D eigenvalue weighted by molar-refractivity contribution is 0.483. The third kappa shape index (κ3) is 2.08. The zero-order valence-electron chi connectivity index (χ0n) is 8.59. The Kier molecular flexibility index (Phi) is 3.21. The molecule has 0 radical (unpaired) electrons. The fourth-order valence-electron chi connectivity index (χ4n) is 1.89. The van der Waals surface area contributed by atoms with Crippen LogP contribution in [0.3, 0.4) is 0 Å². The molecule has 7 heteroatoms. The van der Waals surface area contributed by atoms with Gasteiger partial charge in [-0.1, -0.05) is 30.6 Å². The van der Waals surface area contributed by atoms with Crippen molar-refractivity contribution in [2.45, 2.75) is 41.7 Å². The first-order valence-electron chi connectivity index (χ1n) is 5.12. The molecule has 1 heterocycles. The molecule has 2 rings (SSSR count). The Morgan fingerprint density at radius 2 is 1.94 bits per heavy atom. The Hall–Kier alpha value is -1.00. The van der Waals surface area contributed by atoms with Crippen LogP contribution >= 0.6 is 11.3 Å². The highest BCUT2D eigenvalue weighted by Gasteiger charge is 2.31. The van der Waals surface area contributed by atoms with Gasteiger partial charge in [-0.15, -0.1) is 10.2 Å². The topological polar surface area (TPSA) is 83.7 Å². The minimum atomic E-state index is -3.36. The molecule has 1 aliphatic carbocycles. The van der Waals surface area contributed by atoms with Crippen LogP contribution in [-0.4, -0.2) is 23.9 Å². The number of sulfone groups is 1. The number of rotatable bonds is 2. The van der Waals surface area contributed by atoms with Crippen molar-refractivity contribution in [2.75, 3.05) is 0 Å². The predicted octanol–water partition coefficient (Wildman–Crippen LogP) is 1.52. The number of nitriles is 1. The molecule has 0 spiro atoms. The SMILES string of the molecule is N#Cc1nnc(S(=O)(=O)C2CCCCC2)s1. The van der Waals surface area contributed by atoms with E-state index in [0.717, 1.165) is 30.6 Å². The molecular formula is C9H11N3O2S2. The van der Waals surface area contributed by atoms with Crippen LogP contribution in [0.25, 0.3) is 0 Å². The third-order valence-electron chi connectivity index (χ3n) is 2.74. The van der Waals surface area contributed by atoms with Crippen molar-refractivity contribution < 1.29 is 8.42 Å². The average Bonchev–Trinajstić information content (AvgIpc) is 2.79. The summed E-state index contributed by atoms with van der Waals surface area (Å²) in [5.41, 5.74) is 0. The molecule has 5 nitrogen and oxygen atoms in total. The van der Waals surface area contributed by atoms with Crippen molar-refractivity contribution in [3.63, 3.8) is 0 Å². The van der Waals surface area contributed by atoms with E-state index in [0.29, 0.717) is 12.8 Å². The van der Waals surface area contributed by atoms with E-state index in [2.05, 4.69) is 10.2 Å². The van der Waals surface area contributed by atoms with Gasteiger partial charge in [-0.05, 0) is 12.8 Å². The lowest BCUT2D eigenvalue weighted by Gasteiger charge is -2.19. The van der Waals surface area contributed by atoms with Gasteiger partial charge in [-0.2, -0.15) is 5.26 Å². The summed E-state index contributed by atoms with van der Waals surface area (Å²) < 4.78 is 24.2. The van der Waals surface area contributed by atoms with Crippen LogP contribution in [0.5, 0.6) is 0 Å². The number of aromatic nitrogens is 2. The van der Waals surface area contributed by atoms with Crippen LogP contribution in [-0.2, 0) is 9.84 Å². The second-order valence-corrected chi connectivity index (χ2v) is 7.17. The number of nitrogens with zero attached hydrogens (tertiary/aromatic N) is 3. The van der Waals surface area contributed by atoms with Gasteiger partial charge in [0.2, 0.25) is 19.2 Å². The summed E-state index contributed by atoms with van der Waals surface area (Å²) in [6.07, 6.45) is 4.40. The average molecular weight is 257 g/mol. The Morgan fingerprint density at radius 3 is 2.50 bits per heavy atom. The van der Waals surface area contributed by atoms with Crippen molar-refractivity contribution in [2.24, 2.45) is 0 Å². The second kappa shape index (κ2) is 4.47. The summed E-state index contributed by atoms with van der Waals surface area (Å²) in [7, 11) is -3.36. The van der Waals surface area contributed by atoms with Crippen LogP contribution in [0.2, 0.25) is 0 Å². The Bertz CT molecular complexity index is 509. The molecule has 0 amide bonds. The molecule has 0 atom stereocenters. The monoisotopic (exact) mass is 257 g/mol. The number of hydrogen-bond donors (Lipinski definition) is 0. The van der Waals surface area contributed by atoms with Gasteiger partial charge in [0.25, 0.3) is 0 Å². The summed E-state index contributed by atoms with van der Waals surface area (Å²) in [6, 6.07) is 1.80. The first kappa shape index (κ1) is 11.5. The zero-order valence-corrected chi connectivity index (χ0v) is 10.2. The van der Waals surface area contributed by atoms with Gasteiger partial charge < -0.3 is 0 Å². The maximum atomic E-state index is 12.1. The Morgan fingerprint density at radius 1 is 1.25 bits per heavy atom. The normalized spacial score (nSPS) is 18.2. The van der Waals surface area contributed by atoms with E-state index >= 15 is 0 Å². The van der Waals surface area contributed by atoms with Gasteiger partial charge >= 0.3 is 0 Å². The Labute approximate surface area is 98.0 Å². The molecule has 0 unspecified atom stereocenters. The van der Waals surface area contributed by atoms with Crippen LogP contribution in [0.1, 0.15) is 37.1 Å². The highest BCUT2D eigenvalue weighted by Crippen LogP contribution is 2.29. The molecule has 0 bridgehead atoms. The maximum absolute atomic E-state index is 12.1. The van der Waals surface area contributed by atoms with Crippen LogP contribution in [0, 0.1) is 11.3 Å². The fourth-order valence-corrected chi connectivity index (χ4v) is 4.77. The minimum absolute atomic E-state index is 0.00375. The van der Waals surface area contributed by atoms with E-state index in [4.69, 9.17) is 5.26 Å². The van der Waals surface area contributed by atoms with Crippen molar-refractivity contribution >= 4 is 21.2 Å². The first-order valence-corrected chi connectivity index (χ1v) is 7.48. The molecule has 0 aromatic carbocycles. The lowest BCUT2D eigenvalue weighted by atomic mass is 10.0. The maximum Gasteiger partial charge on any atom is 0.233 e. The third-order valence-corrected chi connectivity index (χ3v) is 6.22. The van der Waals surface area contributed by atoms with Gasteiger partial charge in [-0.25, -0.2) is 8.42 Å². The van der Waals surface area contributed by atoms with E-state index in [-0.39, 0.29) is 14.6 Å². The molecule has 1 fully saturated rings. The summed E-state index contributed by atoms with van der Waals surface area (Å²) in [4.78, 5) is 0. The minimum Gasteiger partial charge on any atom is -0.221 e. The van der Waals surface area contributed by atoms with Crippen molar-refractivity contribution in [1.29, 1.82) is 5.26 Å². The molecule has 0 aliphatic heterocycles. The van der Waals surface area contributed by atoms with Crippen molar-refractivity contribution in [1.82, 2.24) is 10.2 Å². The summed E-state index contributed by atoms with van der Waals surface area (Å²) in [6.45, 7) is 0. The van der Waals surface area contributed by atoms with Gasteiger partial charge in [0.05, 0.1) is 5.25 Å². The zero-order chi connectivity index (χ0) is 11.6.